The Morgan fingerprint density at radius 2 is 2.06 bits per heavy atom. The Kier molecular flexibility index (Phi) is 3.43. The number of nitro groups is 1. The zero-order chi connectivity index (χ0) is 11.5. The lowest BCUT2D eigenvalue weighted by molar-refractivity contribution is -0.385. The summed E-state index contributed by atoms with van der Waals surface area (Å²) in [6.07, 6.45) is 4.92. The highest BCUT2D eigenvalue weighted by Gasteiger charge is 2.16. The fraction of sp³-hybridized carbons (Fsp3) is 0.455. The Labute approximate surface area is 102 Å². The highest BCUT2D eigenvalue weighted by atomic mass is 79.9. The maximum atomic E-state index is 10.6. The van der Waals surface area contributed by atoms with Gasteiger partial charge in [0.05, 0.1) is 9.40 Å². The summed E-state index contributed by atoms with van der Waals surface area (Å²) in [5.74, 6) is 0. The van der Waals surface area contributed by atoms with E-state index in [1.807, 2.05) is 0 Å². The molecule has 0 saturated heterocycles. The maximum absolute atomic E-state index is 10.6. The SMILES string of the molecule is O=[N+]([O-])c1ccc(NC2CCCC2)cc1Br. The molecule has 1 aromatic carbocycles. The molecule has 0 atom stereocenters. The molecule has 1 aliphatic carbocycles. The molecule has 1 N–H and O–H groups in total. The van der Waals surface area contributed by atoms with E-state index >= 15 is 0 Å². The third-order valence-corrected chi connectivity index (χ3v) is 3.51. The van der Waals surface area contributed by atoms with Crippen LogP contribution in [0.15, 0.2) is 22.7 Å². The number of anilines is 1. The Balaban J connectivity index is 2.11. The quantitative estimate of drug-likeness (QED) is 0.680. The second-order valence-corrected chi connectivity index (χ2v) is 4.90. The molecule has 2 rings (SSSR count). The van der Waals surface area contributed by atoms with E-state index < -0.39 is 0 Å². The highest BCUT2D eigenvalue weighted by Crippen LogP contribution is 2.29. The molecular weight excluding hydrogens is 272 g/mol. The first-order valence-electron chi connectivity index (χ1n) is 5.37. The third-order valence-electron chi connectivity index (χ3n) is 2.87. The number of nitrogens with one attached hydrogen (secondary N) is 1. The first-order valence-corrected chi connectivity index (χ1v) is 6.16. The Morgan fingerprint density at radius 1 is 1.38 bits per heavy atom. The normalized spacial score (nSPS) is 16.3. The first-order chi connectivity index (χ1) is 7.66. The Morgan fingerprint density at radius 3 is 2.62 bits per heavy atom. The third kappa shape index (κ3) is 2.52. The van der Waals surface area contributed by atoms with Crippen LogP contribution in [0.4, 0.5) is 11.4 Å². The van der Waals surface area contributed by atoms with Crippen molar-refractivity contribution in [2.45, 2.75) is 31.7 Å². The number of rotatable bonds is 3. The van der Waals surface area contributed by atoms with E-state index in [0.717, 1.165) is 5.69 Å². The van der Waals surface area contributed by atoms with Crippen molar-refractivity contribution < 1.29 is 4.92 Å². The maximum Gasteiger partial charge on any atom is 0.283 e. The van der Waals surface area contributed by atoms with Crippen molar-refractivity contribution >= 4 is 27.3 Å². The van der Waals surface area contributed by atoms with Crippen LogP contribution in [-0.4, -0.2) is 11.0 Å². The minimum absolute atomic E-state index is 0.108. The van der Waals surface area contributed by atoms with Crippen LogP contribution in [0.25, 0.3) is 0 Å². The molecule has 4 nitrogen and oxygen atoms in total. The lowest BCUT2D eigenvalue weighted by Crippen LogP contribution is -2.14. The van der Waals surface area contributed by atoms with Crippen molar-refractivity contribution in [2.75, 3.05) is 5.32 Å². The fourth-order valence-corrected chi connectivity index (χ4v) is 2.57. The molecule has 16 heavy (non-hydrogen) atoms. The van der Waals surface area contributed by atoms with E-state index in [0.29, 0.717) is 10.5 Å². The van der Waals surface area contributed by atoms with Crippen molar-refractivity contribution in [3.63, 3.8) is 0 Å². The van der Waals surface area contributed by atoms with Gasteiger partial charge in [-0.2, -0.15) is 0 Å². The van der Waals surface area contributed by atoms with Crippen LogP contribution in [0.5, 0.6) is 0 Å². The molecule has 0 aliphatic heterocycles. The van der Waals surface area contributed by atoms with Gasteiger partial charge in [0.1, 0.15) is 0 Å². The predicted molar refractivity (Wildman–Crippen MR) is 66.7 cm³/mol. The Hall–Kier alpha value is -1.10. The van der Waals surface area contributed by atoms with Gasteiger partial charge in [-0.15, -0.1) is 0 Å². The summed E-state index contributed by atoms with van der Waals surface area (Å²) >= 11 is 3.22. The van der Waals surface area contributed by atoms with Gasteiger partial charge >= 0.3 is 0 Å². The van der Waals surface area contributed by atoms with Gasteiger partial charge in [0, 0.05) is 17.8 Å². The molecule has 0 amide bonds. The summed E-state index contributed by atoms with van der Waals surface area (Å²) in [5, 5.41) is 14.0. The van der Waals surface area contributed by atoms with E-state index in [1.165, 1.54) is 31.7 Å². The number of hydrogen-bond donors (Lipinski definition) is 1. The zero-order valence-corrected chi connectivity index (χ0v) is 10.4. The first kappa shape index (κ1) is 11.4. The van der Waals surface area contributed by atoms with Crippen LogP contribution in [0.2, 0.25) is 0 Å². The summed E-state index contributed by atoms with van der Waals surface area (Å²) < 4.78 is 0.528. The van der Waals surface area contributed by atoms with Crippen LogP contribution in [0.3, 0.4) is 0 Å². The number of halogens is 1. The van der Waals surface area contributed by atoms with E-state index in [4.69, 9.17) is 0 Å². The van der Waals surface area contributed by atoms with Gasteiger partial charge in [0.2, 0.25) is 0 Å². The van der Waals surface area contributed by atoms with Crippen LogP contribution in [-0.2, 0) is 0 Å². The molecule has 0 aromatic heterocycles. The predicted octanol–water partition coefficient (Wildman–Crippen LogP) is 3.71. The van der Waals surface area contributed by atoms with Crippen molar-refractivity contribution in [3.8, 4) is 0 Å². The van der Waals surface area contributed by atoms with E-state index in [2.05, 4.69) is 21.2 Å². The van der Waals surface area contributed by atoms with E-state index in [9.17, 15) is 10.1 Å². The largest absolute Gasteiger partial charge is 0.382 e. The molecule has 1 aromatic rings. The van der Waals surface area contributed by atoms with Crippen molar-refractivity contribution in [1.82, 2.24) is 0 Å². The summed E-state index contributed by atoms with van der Waals surface area (Å²) in [6, 6.07) is 5.59. The molecule has 0 heterocycles. The second kappa shape index (κ2) is 4.82. The van der Waals surface area contributed by atoms with Crippen LogP contribution < -0.4 is 5.32 Å². The molecular formula is C11H13BrN2O2. The van der Waals surface area contributed by atoms with Gasteiger partial charge in [0.25, 0.3) is 5.69 Å². The molecule has 86 valence electrons. The summed E-state index contributed by atoms with van der Waals surface area (Å²) in [7, 11) is 0. The van der Waals surface area contributed by atoms with Crippen LogP contribution >= 0.6 is 15.9 Å². The zero-order valence-electron chi connectivity index (χ0n) is 8.78. The van der Waals surface area contributed by atoms with Crippen molar-refractivity contribution in [1.29, 1.82) is 0 Å². The highest BCUT2D eigenvalue weighted by molar-refractivity contribution is 9.10. The number of hydrogen-bond acceptors (Lipinski definition) is 3. The van der Waals surface area contributed by atoms with Crippen LogP contribution in [0, 0.1) is 10.1 Å². The van der Waals surface area contributed by atoms with Crippen molar-refractivity contribution in [3.05, 3.63) is 32.8 Å². The molecule has 0 spiro atoms. The van der Waals surface area contributed by atoms with E-state index in [-0.39, 0.29) is 10.6 Å². The lowest BCUT2D eigenvalue weighted by Gasteiger charge is -2.13. The molecule has 0 unspecified atom stereocenters. The number of nitro benzene ring substituents is 1. The van der Waals surface area contributed by atoms with E-state index in [1.54, 1.807) is 12.1 Å². The van der Waals surface area contributed by atoms with Gasteiger partial charge in [-0.25, -0.2) is 0 Å². The summed E-state index contributed by atoms with van der Waals surface area (Å²) in [4.78, 5) is 10.2. The topological polar surface area (TPSA) is 55.2 Å². The number of nitrogens with zero attached hydrogens (tertiary/aromatic N) is 1. The van der Waals surface area contributed by atoms with Crippen molar-refractivity contribution in [2.24, 2.45) is 0 Å². The van der Waals surface area contributed by atoms with Gasteiger partial charge in [-0.05, 0) is 40.9 Å². The summed E-state index contributed by atoms with van der Waals surface area (Å²) in [6.45, 7) is 0. The minimum atomic E-state index is -0.385. The smallest absolute Gasteiger partial charge is 0.283 e. The van der Waals surface area contributed by atoms with Crippen LogP contribution in [0.1, 0.15) is 25.7 Å². The number of benzene rings is 1. The molecule has 1 fully saturated rings. The Bertz CT molecular complexity index is 403. The summed E-state index contributed by atoms with van der Waals surface area (Å²) in [5.41, 5.74) is 1.06. The molecule has 5 heteroatoms. The standard InChI is InChI=1S/C11H13BrN2O2/c12-10-7-9(5-6-11(10)14(15)16)13-8-3-1-2-4-8/h5-8,13H,1-4H2. The minimum Gasteiger partial charge on any atom is -0.382 e. The molecule has 0 radical (unpaired) electrons. The van der Waals surface area contributed by atoms with Gasteiger partial charge in [-0.1, -0.05) is 12.8 Å². The fourth-order valence-electron chi connectivity index (χ4n) is 2.05. The molecule has 0 bridgehead atoms. The lowest BCUT2D eigenvalue weighted by atomic mass is 10.2. The molecule has 1 saturated carbocycles. The monoisotopic (exact) mass is 284 g/mol. The second-order valence-electron chi connectivity index (χ2n) is 4.05. The van der Waals surface area contributed by atoms with Gasteiger partial charge in [-0.3, -0.25) is 10.1 Å². The molecule has 1 aliphatic rings. The van der Waals surface area contributed by atoms with Gasteiger partial charge in [0.15, 0.2) is 0 Å². The van der Waals surface area contributed by atoms with Gasteiger partial charge < -0.3 is 5.32 Å². The average molecular weight is 285 g/mol. The average Bonchev–Trinajstić information content (AvgIpc) is 2.70.